The SMILES string of the molecule is COc1ccc(Br)cc1CC(=O)NCCC(=O)O. The normalized spacial score (nSPS) is 9.89. The summed E-state index contributed by atoms with van der Waals surface area (Å²) < 4.78 is 6.01. The molecule has 2 N–H and O–H groups in total. The highest BCUT2D eigenvalue weighted by atomic mass is 79.9. The van der Waals surface area contributed by atoms with E-state index in [1.54, 1.807) is 12.1 Å². The molecule has 0 unspecified atom stereocenters. The fourth-order valence-corrected chi connectivity index (χ4v) is 1.84. The van der Waals surface area contributed by atoms with Crippen LogP contribution in [0.2, 0.25) is 0 Å². The third-order valence-corrected chi connectivity index (χ3v) is 2.75. The Balaban J connectivity index is 2.58. The smallest absolute Gasteiger partial charge is 0.305 e. The summed E-state index contributed by atoms with van der Waals surface area (Å²) in [7, 11) is 1.54. The zero-order valence-electron chi connectivity index (χ0n) is 9.90. The molecular weight excluding hydrogens is 302 g/mol. The van der Waals surface area contributed by atoms with Gasteiger partial charge in [-0.05, 0) is 18.2 Å². The molecule has 0 aromatic heterocycles. The Labute approximate surface area is 113 Å². The number of methoxy groups -OCH3 is 1. The summed E-state index contributed by atoms with van der Waals surface area (Å²) in [5.41, 5.74) is 0.750. The van der Waals surface area contributed by atoms with Gasteiger partial charge >= 0.3 is 5.97 Å². The van der Waals surface area contributed by atoms with Crippen LogP contribution in [-0.4, -0.2) is 30.6 Å². The maximum absolute atomic E-state index is 11.6. The molecule has 0 saturated heterocycles. The van der Waals surface area contributed by atoms with E-state index in [1.807, 2.05) is 6.07 Å². The molecule has 0 heterocycles. The average molecular weight is 316 g/mol. The molecule has 1 amide bonds. The molecule has 98 valence electrons. The van der Waals surface area contributed by atoms with Gasteiger partial charge < -0.3 is 15.2 Å². The van der Waals surface area contributed by atoms with Gasteiger partial charge in [-0.15, -0.1) is 0 Å². The molecule has 0 spiro atoms. The van der Waals surface area contributed by atoms with Gasteiger partial charge in [0.2, 0.25) is 5.91 Å². The van der Waals surface area contributed by atoms with E-state index in [0.29, 0.717) is 5.75 Å². The first-order valence-corrected chi connectivity index (χ1v) is 6.13. The maximum Gasteiger partial charge on any atom is 0.305 e. The number of hydrogen-bond donors (Lipinski definition) is 2. The summed E-state index contributed by atoms with van der Waals surface area (Å²) in [4.78, 5) is 21.9. The summed E-state index contributed by atoms with van der Waals surface area (Å²) in [6.07, 6.45) is 0.0730. The number of rotatable bonds is 6. The van der Waals surface area contributed by atoms with Crippen LogP contribution in [0.25, 0.3) is 0 Å². The number of hydrogen-bond acceptors (Lipinski definition) is 3. The Kier molecular flexibility index (Phi) is 5.64. The largest absolute Gasteiger partial charge is 0.496 e. The summed E-state index contributed by atoms with van der Waals surface area (Å²) in [6, 6.07) is 5.39. The Hall–Kier alpha value is -1.56. The zero-order chi connectivity index (χ0) is 13.5. The second-order valence-electron chi connectivity index (χ2n) is 3.63. The lowest BCUT2D eigenvalue weighted by molar-refractivity contribution is -0.136. The Morgan fingerprint density at radius 1 is 1.44 bits per heavy atom. The number of halogens is 1. The molecule has 0 fully saturated rings. The van der Waals surface area contributed by atoms with Crippen molar-refractivity contribution in [1.29, 1.82) is 0 Å². The lowest BCUT2D eigenvalue weighted by Crippen LogP contribution is -2.27. The molecule has 0 saturated carbocycles. The number of ether oxygens (including phenoxy) is 1. The monoisotopic (exact) mass is 315 g/mol. The van der Waals surface area contributed by atoms with Crippen LogP contribution in [0.1, 0.15) is 12.0 Å². The van der Waals surface area contributed by atoms with E-state index in [4.69, 9.17) is 9.84 Å². The van der Waals surface area contributed by atoms with Gasteiger partial charge in [0.15, 0.2) is 0 Å². The van der Waals surface area contributed by atoms with Gasteiger partial charge in [-0.2, -0.15) is 0 Å². The Morgan fingerprint density at radius 2 is 2.17 bits per heavy atom. The fraction of sp³-hybridized carbons (Fsp3) is 0.333. The number of amides is 1. The van der Waals surface area contributed by atoms with Crippen molar-refractivity contribution in [3.8, 4) is 5.75 Å². The van der Waals surface area contributed by atoms with E-state index in [9.17, 15) is 9.59 Å². The molecule has 0 aliphatic carbocycles. The van der Waals surface area contributed by atoms with Gasteiger partial charge in [0, 0.05) is 16.6 Å². The Morgan fingerprint density at radius 3 is 2.78 bits per heavy atom. The first kappa shape index (κ1) is 14.5. The molecule has 1 rings (SSSR count). The number of nitrogens with one attached hydrogen (secondary N) is 1. The van der Waals surface area contributed by atoms with Gasteiger partial charge in [-0.3, -0.25) is 9.59 Å². The standard InChI is InChI=1S/C12H14BrNO4/c1-18-10-3-2-9(13)6-8(10)7-11(15)14-5-4-12(16)17/h2-3,6H,4-5,7H2,1H3,(H,14,15)(H,16,17). The molecule has 5 nitrogen and oxygen atoms in total. The third kappa shape index (κ3) is 4.75. The van der Waals surface area contributed by atoms with E-state index in [0.717, 1.165) is 10.0 Å². The topological polar surface area (TPSA) is 75.6 Å². The van der Waals surface area contributed by atoms with Gasteiger partial charge in [0.25, 0.3) is 0 Å². The number of benzene rings is 1. The molecule has 18 heavy (non-hydrogen) atoms. The lowest BCUT2D eigenvalue weighted by Gasteiger charge is -2.09. The molecule has 0 aliphatic rings. The summed E-state index contributed by atoms with van der Waals surface area (Å²) in [5, 5.41) is 11.0. The summed E-state index contributed by atoms with van der Waals surface area (Å²) in [5.74, 6) is -0.533. The van der Waals surface area contributed by atoms with Crippen molar-refractivity contribution in [3.63, 3.8) is 0 Å². The van der Waals surface area contributed by atoms with Gasteiger partial charge in [0.1, 0.15) is 5.75 Å². The van der Waals surface area contributed by atoms with Crippen molar-refractivity contribution in [2.45, 2.75) is 12.8 Å². The van der Waals surface area contributed by atoms with E-state index in [2.05, 4.69) is 21.2 Å². The minimum atomic E-state index is -0.935. The van der Waals surface area contributed by atoms with Gasteiger partial charge in [0.05, 0.1) is 20.0 Å². The molecule has 0 atom stereocenters. The van der Waals surface area contributed by atoms with Gasteiger partial charge in [-0.1, -0.05) is 15.9 Å². The molecule has 0 radical (unpaired) electrons. The molecule has 1 aromatic rings. The van der Waals surface area contributed by atoms with Crippen LogP contribution in [0.15, 0.2) is 22.7 Å². The van der Waals surface area contributed by atoms with Crippen molar-refractivity contribution >= 4 is 27.8 Å². The second kappa shape index (κ2) is 7.00. The first-order valence-electron chi connectivity index (χ1n) is 5.34. The quantitative estimate of drug-likeness (QED) is 0.836. The van der Waals surface area contributed by atoms with Crippen LogP contribution in [0, 0.1) is 0 Å². The van der Waals surface area contributed by atoms with Gasteiger partial charge in [-0.25, -0.2) is 0 Å². The average Bonchev–Trinajstić information content (AvgIpc) is 2.28. The summed E-state index contributed by atoms with van der Waals surface area (Å²) >= 11 is 3.32. The highest BCUT2D eigenvalue weighted by Crippen LogP contribution is 2.23. The second-order valence-corrected chi connectivity index (χ2v) is 4.54. The van der Waals surface area contributed by atoms with Crippen molar-refractivity contribution in [3.05, 3.63) is 28.2 Å². The van der Waals surface area contributed by atoms with Crippen LogP contribution in [-0.2, 0) is 16.0 Å². The van der Waals surface area contributed by atoms with E-state index < -0.39 is 5.97 Å². The van der Waals surface area contributed by atoms with E-state index in [-0.39, 0.29) is 25.3 Å². The maximum atomic E-state index is 11.6. The third-order valence-electron chi connectivity index (χ3n) is 2.25. The van der Waals surface area contributed by atoms with Crippen LogP contribution in [0.5, 0.6) is 5.75 Å². The highest BCUT2D eigenvalue weighted by molar-refractivity contribution is 9.10. The molecular formula is C12H14BrNO4. The lowest BCUT2D eigenvalue weighted by atomic mass is 10.1. The predicted octanol–water partition coefficient (Wildman–Crippen LogP) is 1.59. The van der Waals surface area contributed by atoms with Crippen LogP contribution in [0.3, 0.4) is 0 Å². The number of carbonyl (C=O) groups is 2. The number of carbonyl (C=O) groups excluding carboxylic acids is 1. The van der Waals surface area contributed by atoms with Crippen LogP contribution in [0.4, 0.5) is 0 Å². The highest BCUT2D eigenvalue weighted by Gasteiger charge is 2.09. The van der Waals surface area contributed by atoms with E-state index in [1.165, 1.54) is 7.11 Å². The zero-order valence-corrected chi connectivity index (χ0v) is 11.5. The first-order chi connectivity index (χ1) is 8.52. The minimum absolute atomic E-state index is 0.0820. The van der Waals surface area contributed by atoms with E-state index >= 15 is 0 Å². The molecule has 1 aromatic carbocycles. The van der Waals surface area contributed by atoms with Crippen molar-refractivity contribution in [2.75, 3.05) is 13.7 Å². The minimum Gasteiger partial charge on any atom is -0.496 e. The van der Waals surface area contributed by atoms with Crippen molar-refractivity contribution < 1.29 is 19.4 Å². The fourth-order valence-electron chi connectivity index (χ4n) is 1.43. The summed E-state index contributed by atoms with van der Waals surface area (Å²) in [6.45, 7) is 0.129. The molecule has 0 bridgehead atoms. The van der Waals surface area contributed by atoms with Crippen molar-refractivity contribution in [1.82, 2.24) is 5.32 Å². The van der Waals surface area contributed by atoms with Crippen LogP contribution < -0.4 is 10.1 Å². The predicted molar refractivity (Wildman–Crippen MR) is 69.7 cm³/mol. The Bertz CT molecular complexity index is 448. The van der Waals surface area contributed by atoms with Crippen molar-refractivity contribution in [2.24, 2.45) is 0 Å². The molecule has 0 aliphatic heterocycles. The number of carboxylic acids is 1. The molecule has 6 heteroatoms. The number of aliphatic carboxylic acids is 1. The number of carboxylic acid groups (broad SMARTS) is 1. The van der Waals surface area contributed by atoms with Crippen LogP contribution >= 0.6 is 15.9 Å².